The lowest BCUT2D eigenvalue weighted by atomic mass is 9.30. The summed E-state index contributed by atoms with van der Waals surface area (Å²) in [5.74, 6) is 3.02. The smallest absolute Gasteiger partial charge is 0.0571 e. The lowest BCUT2D eigenvalue weighted by Gasteiger charge is -2.75. The average Bonchev–Trinajstić information content (AvgIpc) is 2.69. The fraction of sp³-hybridized carbons (Fsp3) is 1.00. The predicted molar refractivity (Wildman–Crippen MR) is 131 cm³/mol. The maximum atomic E-state index is 10.7. The second-order valence-electron chi connectivity index (χ2n) is 15.5. The summed E-state index contributed by atoms with van der Waals surface area (Å²) in [5.41, 5.74) is 2.88. The van der Waals surface area contributed by atoms with Crippen LogP contribution in [-0.2, 0) is 0 Å². The van der Waals surface area contributed by atoms with E-state index in [4.69, 9.17) is 0 Å². The molecule has 0 heterocycles. The van der Waals surface area contributed by atoms with Gasteiger partial charge in [0.15, 0.2) is 0 Å². The molecule has 0 bridgehead atoms. The minimum absolute atomic E-state index is 0.0781. The molecule has 0 amide bonds. The van der Waals surface area contributed by atoms with Gasteiger partial charge in [0.2, 0.25) is 0 Å². The summed E-state index contributed by atoms with van der Waals surface area (Å²) in [6.45, 7) is 20.9. The second-order valence-corrected chi connectivity index (χ2v) is 15.5. The van der Waals surface area contributed by atoms with Crippen LogP contribution in [0.5, 0.6) is 0 Å². The van der Waals surface area contributed by atoms with Crippen LogP contribution in [-0.4, -0.2) is 11.2 Å². The Labute approximate surface area is 193 Å². The molecule has 1 N–H and O–H groups in total. The van der Waals surface area contributed by atoms with Gasteiger partial charge in [-0.25, -0.2) is 0 Å². The molecular weight excluding hydrogens is 376 g/mol. The monoisotopic (exact) mass is 428 g/mol. The largest absolute Gasteiger partial charge is 0.393 e. The highest BCUT2D eigenvalue weighted by molar-refractivity contribution is 5.19. The van der Waals surface area contributed by atoms with E-state index in [1.54, 1.807) is 0 Å². The van der Waals surface area contributed by atoms with E-state index in [1.165, 1.54) is 64.2 Å². The number of hydrogen-bond acceptors (Lipinski definition) is 1. The summed E-state index contributed by atoms with van der Waals surface area (Å²) in [7, 11) is 0. The van der Waals surface area contributed by atoms with Gasteiger partial charge in [-0.3, -0.25) is 0 Å². The minimum Gasteiger partial charge on any atom is -0.393 e. The Morgan fingerprint density at radius 1 is 0.581 bits per heavy atom. The number of aliphatic hydroxyl groups is 1. The van der Waals surface area contributed by atoms with Crippen molar-refractivity contribution in [1.29, 1.82) is 0 Å². The van der Waals surface area contributed by atoms with Gasteiger partial charge >= 0.3 is 0 Å². The zero-order chi connectivity index (χ0) is 22.7. The van der Waals surface area contributed by atoms with Crippen molar-refractivity contribution < 1.29 is 5.11 Å². The van der Waals surface area contributed by atoms with Crippen molar-refractivity contribution in [3.63, 3.8) is 0 Å². The molecular formula is C30H52O. The van der Waals surface area contributed by atoms with Crippen LogP contribution in [0.1, 0.15) is 126 Å². The molecule has 31 heavy (non-hydrogen) atoms. The van der Waals surface area contributed by atoms with Gasteiger partial charge in [0.05, 0.1) is 6.10 Å². The Hall–Kier alpha value is -0.0400. The lowest BCUT2D eigenvalue weighted by molar-refractivity contribution is -0.263. The minimum atomic E-state index is -0.0781. The van der Waals surface area contributed by atoms with E-state index >= 15 is 0 Å². The third-order valence-corrected chi connectivity index (χ3v) is 13.9. The molecule has 5 aliphatic carbocycles. The molecule has 0 saturated heterocycles. The van der Waals surface area contributed by atoms with Crippen molar-refractivity contribution in [2.45, 2.75) is 132 Å². The van der Waals surface area contributed by atoms with E-state index in [0.717, 1.165) is 24.2 Å². The van der Waals surface area contributed by atoms with E-state index in [0.29, 0.717) is 38.4 Å². The van der Waals surface area contributed by atoms with Gasteiger partial charge in [-0.2, -0.15) is 0 Å². The topological polar surface area (TPSA) is 20.2 Å². The van der Waals surface area contributed by atoms with Crippen molar-refractivity contribution in [3.8, 4) is 0 Å². The molecule has 5 rings (SSSR count). The first-order chi connectivity index (χ1) is 14.2. The van der Waals surface area contributed by atoms with Gasteiger partial charge in [0, 0.05) is 0 Å². The quantitative estimate of drug-likeness (QED) is 0.412. The highest BCUT2D eigenvalue weighted by atomic mass is 16.3. The Morgan fingerprint density at radius 2 is 1.19 bits per heavy atom. The molecule has 2 unspecified atom stereocenters. The van der Waals surface area contributed by atoms with Gasteiger partial charge < -0.3 is 5.11 Å². The van der Waals surface area contributed by atoms with Gasteiger partial charge in [-0.15, -0.1) is 0 Å². The molecule has 0 aliphatic heterocycles. The molecule has 0 aromatic carbocycles. The SMILES string of the molecule is CC1C(O)CC[C@H]2[C@]3(C)CC[C@@]4(C)[C@@H]5CC(C)(C)CC[C@]5(C)CC[C@]4(C)[C@H]3CC[C@]12C. The number of aliphatic hydroxyl groups excluding tert-OH is 1. The summed E-state index contributed by atoms with van der Waals surface area (Å²) < 4.78 is 0. The van der Waals surface area contributed by atoms with Crippen LogP contribution in [0, 0.1) is 56.2 Å². The van der Waals surface area contributed by atoms with Crippen LogP contribution in [0.2, 0.25) is 0 Å². The fourth-order valence-electron chi connectivity index (χ4n) is 11.4. The van der Waals surface area contributed by atoms with Gasteiger partial charge in [-0.05, 0) is 127 Å². The maximum absolute atomic E-state index is 10.7. The average molecular weight is 429 g/mol. The molecule has 5 saturated carbocycles. The molecule has 10 atom stereocenters. The van der Waals surface area contributed by atoms with Crippen LogP contribution >= 0.6 is 0 Å². The van der Waals surface area contributed by atoms with Crippen LogP contribution in [0.4, 0.5) is 0 Å². The van der Waals surface area contributed by atoms with Crippen molar-refractivity contribution >= 4 is 0 Å². The van der Waals surface area contributed by atoms with E-state index in [1.807, 2.05) is 0 Å². The lowest BCUT2D eigenvalue weighted by Crippen LogP contribution is -2.67. The first kappa shape index (κ1) is 22.7. The zero-order valence-electron chi connectivity index (χ0n) is 22.1. The fourth-order valence-corrected chi connectivity index (χ4v) is 11.4. The molecule has 1 nitrogen and oxygen atoms in total. The standard InChI is InChI=1S/C30H52O/c1-20-21(31)9-10-22-27(20,5)12-11-23-28(22,6)16-18-30(8)24-19-25(2,3)13-14-26(24,4)15-17-29(23,30)7/h20-24,31H,9-19H2,1-8H3/t20?,21?,22-,23+,24-,26-,27-,28+,29-,30+/m1/s1. The molecule has 5 aliphatic rings. The highest BCUT2D eigenvalue weighted by Gasteiger charge is 2.70. The Bertz CT molecular complexity index is 741. The number of rotatable bonds is 0. The summed E-state index contributed by atoms with van der Waals surface area (Å²) in [5, 5.41) is 10.7. The van der Waals surface area contributed by atoms with E-state index in [2.05, 4.69) is 55.4 Å². The molecule has 0 aromatic rings. The van der Waals surface area contributed by atoms with E-state index in [-0.39, 0.29) is 6.10 Å². The first-order valence-corrected chi connectivity index (χ1v) is 13.9. The van der Waals surface area contributed by atoms with Gasteiger partial charge in [0.25, 0.3) is 0 Å². The second kappa shape index (κ2) is 6.55. The predicted octanol–water partition coefficient (Wildman–Crippen LogP) is 8.25. The molecule has 1 heteroatoms. The molecule has 5 fully saturated rings. The highest BCUT2D eigenvalue weighted by Crippen LogP contribution is 2.78. The maximum Gasteiger partial charge on any atom is 0.0571 e. The van der Waals surface area contributed by atoms with Gasteiger partial charge in [-0.1, -0.05) is 55.4 Å². The third kappa shape index (κ3) is 2.77. The van der Waals surface area contributed by atoms with Gasteiger partial charge in [0.1, 0.15) is 0 Å². The number of hydrogen-bond donors (Lipinski definition) is 1. The van der Waals surface area contributed by atoms with Crippen molar-refractivity contribution in [1.82, 2.24) is 0 Å². The molecule has 0 radical (unpaired) electrons. The van der Waals surface area contributed by atoms with Crippen LogP contribution in [0.25, 0.3) is 0 Å². The number of fused-ring (bicyclic) bond motifs is 7. The third-order valence-electron chi connectivity index (χ3n) is 13.9. The summed E-state index contributed by atoms with van der Waals surface area (Å²) in [6.07, 6.45) is 15.1. The summed E-state index contributed by atoms with van der Waals surface area (Å²) >= 11 is 0. The molecule has 0 aromatic heterocycles. The summed E-state index contributed by atoms with van der Waals surface area (Å²) in [6, 6.07) is 0. The molecule has 0 spiro atoms. The van der Waals surface area contributed by atoms with E-state index in [9.17, 15) is 5.11 Å². The van der Waals surface area contributed by atoms with Crippen molar-refractivity contribution in [2.75, 3.05) is 0 Å². The van der Waals surface area contributed by atoms with Crippen molar-refractivity contribution in [2.24, 2.45) is 56.2 Å². The molecule has 178 valence electrons. The van der Waals surface area contributed by atoms with Crippen molar-refractivity contribution in [3.05, 3.63) is 0 Å². The Balaban J connectivity index is 1.54. The first-order valence-electron chi connectivity index (χ1n) is 13.9. The van der Waals surface area contributed by atoms with Crippen LogP contribution in [0.15, 0.2) is 0 Å². The van der Waals surface area contributed by atoms with Crippen LogP contribution < -0.4 is 0 Å². The Kier molecular flexibility index (Phi) is 4.80. The zero-order valence-corrected chi connectivity index (χ0v) is 22.1. The summed E-state index contributed by atoms with van der Waals surface area (Å²) in [4.78, 5) is 0. The van der Waals surface area contributed by atoms with Crippen LogP contribution in [0.3, 0.4) is 0 Å². The Morgan fingerprint density at radius 3 is 1.90 bits per heavy atom. The normalized spacial score (nSPS) is 60.9. The van der Waals surface area contributed by atoms with E-state index < -0.39 is 0 Å².